The fourth-order valence-corrected chi connectivity index (χ4v) is 3.07. The average molecular weight is 335 g/mol. The number of rotatable bonds is 3. The maximum Gasteiger partial charge on any atom is 0.255 e. The van der Waals surface area contributed by atoms with Gasteiger partial charge in [0, 0.05) is 24.8 Å². The third kappa shape index (κ3) is 2.95. The van der Waals surface area contributed by atoms with Crippen LogP contribution in [0.5, 0.6) is 0 Å². The maximum absolute atomic E-state index is 13.2. The van der Waals surface area contributed by atoms with E-state index in [1.54, 1.807) is 19.2 Å². The summed E-state index contributed by atoms with van der Waals surface area (Å²) in [7, 11) is 1.61. The highest BCUT2D eigenvalue weighted by atomic mass is 35.5. The van der Waals surface area contributed by atoms with Crippen LogP contribution in [0.15, 0.2) is 36.4 Å². The van der Waals surface area contributed by atoms with Crippen LogP contribution in [-0.2, 0) is 11.2 Å². The van der Waals surface area contributed by atoms with E-state index in [0.29, 0.717) is 17.7 Å². The number of anilines is 1. The predicted octanol–water partition coefficient (Wildman–Crippen LogP) is 3.30. The molecular formula is C17H16ClFN2O2. The fourth-order valence-electron chi connectivity index (χ4n) is 2.89. The minimum Gasteiger partial charge on any atom is -0.379 e. The summed E-state index contributed by atoms with van der Waals surface area (Å²) in [6, 6.07) is 9.25. The van der Waals surface area contributed by atoms with E-state index >= 15 is 0 Å². The van der Waals surface area contributed by atoms with Crippen LogP contribution >= 0.6 is 11.6 Å². The van der Waals surface area contributed by atoms with Crippen LogP contribution < -0.4 is 11.1 Å². The Morgan fingerprint density at radius 3 is 2.87 bits per heavy atom. The number of benzene rings is 2. The molecule has 2 aromatic rings. The zero-order chi connectivity index (χ0) is 16.6. The molecule has 0 aliphatic heterocycles. The molecule has 2 aromatic carbocycles. The molecule has 0 aromatic heterocycles. The van der Waals surface area contributed by atoms with Crippen LogP contribution in [0.3, 0.4) is 0 Å². The summed E-state index contributed by atoms with van der Waals surface area (Å²) in [5.41, 5.74) is 8.92. The van der Waals surface area contributed by atoms with Crippen molar-refractivity contribution in [3.8, 4) is 0 Å². The van der Waals surface area contributed by atoms with Gasteiger partial charge in [0.25, 0.3) is 5.91 Å². The summed E-state index contributed by atoms with van der Waals surface area (Å²) in [6.45, 7) is 0. The second kappa shape index (κ2) is 6.28. The van der Waals surface area contributed by atoms with Crippen molar-refractivity contribution in [3.63, 3.8) is 0 Å². The van der Waals surface area contributed by atoms with E-state index in [0.717, 1.165) is 11.1 Å². The summed E-state index contributed by atoms with van der Waals surface area (Å²) < 4.78 is 18.6. The lowest BCUT2D eigenvalue weighted by molar-refractivity contribution is 0.0904. The van der Waals surface area contributed by atoms with Crippen molar-refractivity contribution in [2.45, 2.75) is 18.6 Å². The summed E-state index contributed by atoms with van der Waals surface area (Å²) in [6.07, 6.45) is 0.444. The van der Waals surface area contributed by atoms with Gasteiger partial charge in [-0.3, -0.25) is 4.79 Å². The number of ether oxygens (including phenoxy) is 1. The molecule has 0 saturated heterocycles. The van der Waals surface area contributed by atoms with Crippen LogP contribution in [0.4, 0.5) is 10.1 Å². The van der Waals surface area contributed by atoms with E-state index in [1.807, 2.05) is 6.07 Å². The normalized spacial score (nSPS) is 19.5. The number of halogens is 2. The van der Waals surface area contributed by atoms with Crippen molar-refractivity contribution in [2.75, 3.05) is 12.4 Å². The van der Waals surface area contributed by atoms with Gasteiger partial charge in [-0.2, -0.15) is 0 Å². The Bertz CT molecular complexity index is 766. The predicted molar refractivity (Wildman–Crippen MR) is 87.2 cm³/mol. The lowest BCUT2D eigenvalue weighted by Gasteiger charge is -2.13. The highest BCUT2D eigenvalue weighted by Gasteiger charge is 2.32. The maximum atomic E-state index is 13.2. The Balaban J connectivity index is 1.88. The molecule has 4 nitrogen and oxygen atoms in total. The minimum atomic E-state index is -0.529. The first-order chi connectivity index (χ1) is 11.0. The lowest BCUT2D eigenvalue weighted by atomic mass is 10.0. The van der Waals surface area contributed by atoms with E-state index in [-0.39, 0.29) is 23.1 Å². The molecule has 0 spiro atoms. The number of amides is 1. The quantitative estimate of drug-likeness (QED) is 0.905. The molecule has 0 bridgehead atoms. The number of methoxy groups -OCH3 is 1. The molecule has 120 valence electrons. The first-order valence-corrected chi connectivity index (χ1v) is 7.55. The van der Waals surface area contributed by atoms with Crippen molar-refractivity contribution >= 4 is 23.2 Å². The molecule has 1 aliphatic carbocycles. The third-order valence-corrected chi connectivity index (χ3v) is 4.39. The number of carbonyl (C=O) groups excluding carboxylic acids is 1. The van der Waals surface area contributed by atoms with Gasteiger partial charge in [0.15, 0.2) is 0 Å². The fraction of sp³-hybridized carbons (Fsp3) is 0.235. The Kier molecular flexibility index (Phi) is 4.35. The summed E-state index contributed by atoms with van der Waals surface area (Å²) in [4.78, 5) is 12.5. The van der Waals surface area contributed by atoms with Gasteiger partial charge in [0.1, 0.15) is 5.82 Å². The van der Waals surface area contributed by atoms with E-state index in [4.69, 9.17) is 22.1 Å². The Hall–Kier alpha value is -1.95. The van der Waals surface area contributed by atoms with Gasteiger partial charge in [0.05, 0.1) is 17.2 Å². The molecule has 6 heteroatoms. The second-order valence-corrected chi connectivity index (χ2v) is 5.87. The highest BCUT2D eigenvalue weighted by Crippen LogP contribution is 2.34. The summed E-state index contributed by atoms with van der Waals surface area (Å²) in [5, 5.41) is 2.69. The molecule has 0 radical (unpaired) electrons. The molecule has 1 amide bonds. The van der Waals surface area contributed by atoms with Gasteiger partial charge in [-0.05, 0) is 35.4 Å². The largest absolute Gasteiger partial charge is 0.379 e. The summed E-state index contributed by atoms with van der Waals surface area (Å²) in [5.74, 6) is -0.812. The van der Waals surface area contributed by atoms with Gasteiger partial charge in [-0.15, -0.1) is 0 Å². The number of fused-ring (bicyclic) bond motifs is 1. The monoisotopic (exact) mass is 334 g/mol. The molecule has 3 N–H and O–H groups in total. The molecule has 2 atom stereocenters. The molecule has 0 heterocycles. The first-order valence-electron chi connectivity index (χ1n) is 7.18. The van der Waals surface area contributed by atoms with Gasteiger partial charge >= 0.3 is 0 Å². The van der Waals surface area contributed by atoms with Crippen molar-refractivity contribution < 1.29 is 13.9 Å². The van der Waals surface area contributed by atoms with Gasteiger partial charge in [0.2, 0.25) is 0 Å². The van der Waals surface area contributed by atoms with Crippen molar-refractivity contribution in [3.05, 3.63) is 63.9 Å². The molecule has 23 heavy (non-hydrogen) atoms. The molecule has 3 rings (SSSR count). The lowest BCUT2D eigenvalue weighted by Crippen LogP contribution is -2.23. The van der Waals surface area contributed by atoms with Crippen LogP contribution in [0.25, 0.3) is 0 Å². The molecule has 0 fully saturated rings. The van der Waals surface area contributed by atoms with Crippen molar-refractivity contribution in [1.29, 1.82) is 0 Å². The smallest absolute Gasteiger partial charge is 0.255 e. The van der Waals surface area contributed by atoms with E-state index in [2.05, 4.69) is 5.32 Å². The standard InChI is InChI=1S/C17H16ClFN2O2/c1-23-15-8-12-10(16(15)20)3-2-4-11(12)17(22)21-9-5-6-14(19)13(18)7-9/h2-7,15-16H,8,20H2,1H3,(H,21,22)/t15-,16-/m1/s1. The number of nitrogens with one attached hydrogen (secondary N) is 1. The number of hydrogen-bond acceptors (Lipinski definition) is 3. The average Bonchev–Trinajstić information content (AvgIpc) is 2.87. The topological polar surface area (TPSA) is 64.3 Å². The van der Waals surface area contributed by atoms with Crippen LogP contribution in [0, 0.1) is 5.82 Å². The van der Waals surface area contributed by atoms with Gasteiger partial charge in [-0.25, -0.2) is 4.39 Å². The zero-order valence-corrected chi connectivity index (χ0v) is 13.2. The van der Waals surface area contributed by atoms with Crippen LogP contribution in [0.2, 0.25) is 5.02 Å². The van der Waals surface area contributed by atoms with Crippen molar-refractivity contribution in [2.24, 2.45) is 5.73 Å². The minimum absolute atomic E-state index is 0.0393. The third-order valence-electron chi connectivity index (χ3n) is 4.10. The van der Waals surface area contributed by atoms with E-state index in [1.165, 1.54) is 18.2 Å². The Labute approximate surface area is 138 Å². The molecule has 1 aliphatic rings. The van der Waals surface area contributed by atoms with Gasteiger partial charge in [-0.1, -0.05) is 23.7 Å². The van der Waals surface area contributed by atoms with Crippen LogP contribution in [-0.4, -0.2) is 19.1 Å². The van der Waals surface area contributed by atoms with E-state index in [9.17, 15) is 9.18 Å². The number of nitrogens with two attached hydrogens (primary N) is 1. The van der Waals surface area contributed by atoms with Crippen molar-refractivity contribution in [1.82, 2.24) is 0 Å². The second-order valence-electron chi connectivity index (χ2n) is 5.46. The SMILES string of the molecule is CO[C@@H]1Cc2c(C(=O)Nc3ccc(F)c(Cl)c3)cccc2[C@H]1N. The first kappa shape index (κ1) is 15.9. The van der Waals surface area contributed by atoms with Gasteiger partial charge < -0.3 is 15.8 Å². The zero-order valence-electron chi connectivity index (χ0n) is 12.5. The number of hydrogen-bond donors (Lipinski definition) is 2. The molecule has 0 unspecified atom stereocenters. The molecular weight excluding hydrogens is 319 g/mol. The number of carbonyl (C=O) groups is 1. The van der Waals surface area contributed by atoms with E-state index < -0.39 is 5.82 Å². The van der Waals surface area contributed by atoms with Crippen LogP contribution in [0.1, 0.15) is 27.5 Å². The Morgan fingerprint density at radius 2 is 2.17 bits per heavy atom. The summed E-state index contributed by atoms with van der Waals surface area (Å²) >= 11 is 5.73. The molecule has 0 saturated carbocycles. The highest BCUT2D eigenvalue weighted by molar-refractivity contribution is 6.31. The Morgan fingerprint density at radius 1 is 1.39 bits per heavy atom.